The number of nitrogens with zero attached hydrogens (tertiary/aromatic N) is 2. The van der Waals surface area contributed by atoms with Crippen molar-refractivity contribution in [2.24, 2.45) is 5.16 Å². The standard InChI is InChI=1S/C24H19N3O3/c28-22(18-5-2-1-3-6-18)13-10-17-8-11-20(12-9-17)26-24(29)23-15-21(27-30-23)19-7-4-14-25-16-19/h1-14,16,23H,15H2,(H,26,29). The highest BCUT2D eigenvalue weighted by molar-refractivity contribution is 6.07. The number of anilines is 1. The summed E-state index contributed by atoms with van der Waals surface area (Å²) in [6, 6.07) is 20.0. The molecule has 2 heterocycles. The Morgan fingerprint density at radius 2 is 1.80 bits per heavy atom. The number of benzene rings is 2. The molecule has 1 unspecified atom stereocenters. The number of carbonyl (C=O) groups is 2. The van der Waals surface area contributed by atoms with Gasteiger partial charge in [0.2, 0.25) is 6.10 Å². The van der Waals surface area contributed by atoms with Crippen LogP contribution in [0.15, 0.2) is 90.4 Å². The van der Waals surface area contributed by atoms with E-state index >= 15 is 0 Å². The number of hydrogen-bond donors (Lipinski definition) is 1. The van der Waals surface area contributed by atoms with Gasteiger partial charge in [0.15, 0.2) is 5.78 Å². The normalized spacial score (nSPS) is 15.5. The third kappa shape index (κ3) is 4.67. The van der Waals surface area contributed by atoms with Crippen LogP contribution in [-0.2, 0) is 9.63 Å². The second-order valence-corrected chi connectivity index (χ2v) is 6.75. The summed E-state index contributed by atoms with van der Waals surface area (Å²) in [4.78, 5) is 33.9. The molecule has 0 fully saturated rings. The number of amides is 1. The number of allylic oxidation sites excluding steroid dienone is 1. The van der Waals surface area contributed by atoms with Crippen molar-refractivity contribution in [2.75, 3.05) is 5.32 Å². The summed E-state index contributed by atoms with van der Waals surface area (Å²) in [7, 11) is 0. The van der Waals surface area contributed by atoms with E-state index < -0.39 is 6.10 Å². The van der Waals surface area contributed by atoms with Crippen molar-refractivity contribution in [2.45, 2.75) is 12.5 Å². The highest BCUT2D eigenvalue weighted by Crippen LogP contribution is 2.18. The Morgan fingerprint density at radius 1 is 1.00 bits per heavy atom. The van der Waals surface area contributed by atoms with E-state index in [-0.39, 0.29) is 11.7 Å². The van der Waals surface area contributed by atoms with Crippen LogP contribution >= 0.6 is 0 Å². The lowest BCUT2D eigenvalue weighted by Gasteiger charge is -2.09. The van der Waals surface area contributed by atoms with Gasteiger partial charge in [-0.25, -0.2) is 0 Å². The van der Waals surface area contributed by atoms with Gasteiger partial charge in [-0.05, 0) is 35.9 Å². The zero-order valence-corrected chi connectivity index (χ0v) is 16.1. The zero-order chi connectivity index (χ0) is 20.8. The van der Waals surface area contributed by atoms with Crippen LogP contribution < -0.4 is 5.32 Å². The highest BCUT2D eigenvalue weighted by atomic mass is 16.6. The third-order valence-corrected chi connectivity index (χ3v) is 4.62. The van der Waals surface area contributed by atoms with Crippen LogP contribution in [0.25, 0.3) is 6.08 Å². The number of ketones is 1. The number of carbonyl (C=O) groups excluding carboxylic acids is 2. The minimum absolute atomic E-state index is 0.0595. The van der Waals surface area contributed by atoms with E-state index in [9.17, 15) is 9.59 Å². The minimum Gasteiger partial charge on any atom is -0.382 e. The van der Waals surface area contributed by atoms with Gasteiger partial charge in [-0.3, -0.25) is 14.6 Å². The molecule has 0 bridgehead atoms. The molecule has 0 saturated heterocycles. The van der Waals surface area contributed by atoms with Crippen molar-refractivity contribution >= 4 is 29.2 Å². The summed E-state index contributed by atoms with van der Waals surface area (Å²) in [5.74, 6) is -0.323. The number of pyridine rings is 1. The lowest BCUT2D eigenvalue weighted by atomic mass is 10.1. The second-order valence-electron chi connectivity index (χ2n) is 6.75. The molecule has 0 radical (unpaired) electrons. The Kier molecular flexibility index (Phi) is 5.75. The summed E-state index contributed by atoms with van der Waals surface area (Å²) in [5, 5.41) is 6.83. The predicted molar refractivity (Wildman–Crippen MR) is 115 cm³/mol. The molecule has 30 heavy (non-hydrogen) atoms. The summed E-state index contributed by atoms with van der Waals surface area (Å²) in [6.07, 6.45) is 6.36. The monoisotopic (exact) mass is 397 g/mol. The van der Waals surface area contributed by atoms with Gasteiger partial charge in [0.05, 0.1) is 5.71 Å². The minimum atomic E-state index is -0.678. The lowest BCUT2D eigenvalue weighted by molar-refractivity contribution is -0.125. The first-order chi connectivity index (χ1) is 14.7. The molecule has 4 rings (SSSR count). The quantitative estimate of drug-likeness (QED) is 0.501. The van der Waals surface area contributed by atoms with E-state index in [2.05, 4.69) is 15.5 Å². The van der Waals surface area contributed by atoms with E-state index in [4.69, 9.17) is 4.84 Å². The van der Waals surface area contributed by atoms with Gasteiger partial charge in [0, 0.05) is 35.6 Å². The first-order valence-corrected chi connectivity index (χ1v) is 9.50. The molecule has 6 nitrogen and oxygen atoms in total. The predicted octanol–water partition coefficient (Wildman–Crippen LogP) is 4.11. The van der Waals surface area contributed by atoms with Crippen molar-refractivity contribution in [1.82, 2.24) is 4.98 Å². The Morgan fingerprint density at radius 3 is 2.53 bits per heavy atom. The number of oxime groups is 1. The molecule has 2 aromatic carbocycles. The highest BCUT2D eigenvalue weighted by Gasteiger charge is 2.29. The maximum absolute atomic E-state index is 12.5. The molecule has 0 saturated carbocycles. The molecule has 1 aromatic heterocycles. The third-order valence-electron chi connectivity index (χ3n) is 4.62. The van der Waals surface area contributed by atoms with E-state index in [0.717, 1.165) is 11.1 Å². The van der Waals surface area contributed by atoms with Crippen molar-refractivity contribution in [3.05, 3.63) is 102 Å². The average molecular weight is 397 g/mol. The van der Waals surface area contributed by atoms with Gasteiger partial charge >= 0.3 is 0 Å². The summed E-state index contributed by atoms with van der Waals surface area (Å²) in [5.41, 5.74) is 3.68. The zero-order valence-electron chi connectivity index (χ0n) is 16.1. The molecule has 3 aromatic rings. The molecule has 6 heteroatoms. The second kappa shape index (κ2) is 8.96. The lowest BCUT2D eigenvalue weighted by Crippen LogP contribution is -2.28. The summed E-state index contributed by atoms with van der Waals surface area (Å²) in [6.45, 7) is 0. The van der Waals surface area contributed by atoms with Gasteiger partial charge in [0.25, 0.3) is 5.91 Å². The Hall–Kier alpha value is -4.06. The molecule has 1 amide bonds. The first kappa shape index (κ1) is 19.3. The van der Waals surface area contributed by atoms with E-state index in [0.29, 0.717) is 23.4 Å². The topological polar surface area (TPSA) is 80.7 Å². The summed E-state index contributed by atoms with van der Waals surface area (Å²) < 4.78 is 0. The van der Waals surface area contributed by atoms with E-state index in [1.165, 1.54) is 6.08 Å². The first-order valence-electron chi connectivity index (χ1n) is 9.50. The van der Waals surface area contributed by atoms with Gasteiger partial charge in [0.1, 0.15) is 0 Å². The SMILES string of the molecule is O=C(C=Cc1ccc(NC(=O)C2CC(c3cccnc3)=NO2)cc1)c1ccccc1. The molecular weight excluding hydrogens is 378 g/mol. The number of aromatic nitrogens is 1. The van der Waals surface area contributed by atoms with Crippen LogP contribution in [0.1, 0.15) is 27.9 Å². The Labute approximate surface area is 173 Å². The van der Waals surface area contributed by atoms with Crippen molar-refractivity contribution < 1.29 is 14.4 Å². The van der Waals surface area contributed by atoms with E-state index in [1.54, 1.807) is 42.7 Å². The molecule has 0 spiro atoms. The number of rotatable bonds is 6. The van der Waals surface area contributed by atoms with Gasteiger partial charge in [-0.2, -0.15) is 0 Å². The molecule has 1 aliphatic heterocycles. The maximum atomic E-state index is 12.5. The van der Waals surface area contributed by atoms with Gasteiger partial charge in [-0.1, -0.05) is 53.7 Å². The molecule has 1 N–H and O–H groups in total. The van der Waals surface area contributed by atoms with Crippen molar-refractivity contribution in [1.29, 1.82) is 0 Å². The van der Waals surface area contributed by atoms with Crippen LogP contribution in [0.4, 0.5) is 5.69 Å². The Balaban J connectivity index is 1.32. The van der Waals surface area contributed by atoms with Crippen LogP contribution in [0, 0.1) is 0 Å². The van der Waals surface area contributed by atoms with Crippen molar-refractivity contribution in [3.63, 3.8) is 0 Å². The summed E-state index contributed by atoms with van der Waals surface area (Å²) >= 11 is 0. The fourth-order valence-electron chi connectivity index (χ4n) is 2.99. The molecule has 1 atom stereocenters. The number of nitrogens with one attached hydrogen (secondary N) is 1. The molecule has 0 aliphatic carbocycles. The largest absolute Gasteiger partial charge is 0.382 e. The molecule has 1 aliphatic rings. The smallest absolute Gasteiger partial charge is 0.268 e. The fourth-order valence-corrected chi connectivity index (χ4v) is 2.99. The van der Waals surface area contributed by atoms with Gasteiger partial charge in [-0.15, -0.1) is 0 Å². The molecular formula is C24H19N3O3. The van der Waals surface area contributed by atoms with Crippen LogP contribution in [0.5, 0.6) is 0 Å². The maximum Gasteiger partial charge on any atom is 0.268 e. The molecule has 148 valence electrons. The van der Waals surface area contributed by atoms with Crippen LogP contribution in [-0.4, -0.2) is 28.5 Å². The fraction of sp³-hybridized carbons (Fsp3) is 0.0833. The van der Waals surface area contributed by atoms with Gasteiger partial charge < -0.3 is 10.2 Å². The number of hydrogen-bond acceptors (Lipinski definition) is 5. The average Bonchev–Trinajstić information content (AvgIpc) is 3.30. The van der Waals surface area contributed by atoms with E-state index in [1.807, 2.05) is 42.5 Å². The van der Waals surface area contributed by atoms with Crippen LogP contribution in [0.2, 0.25) is 0 Å². The Bertz CT molecular complexity index is 1090. The van der Waals surface area contributed by atoms with Crippen molar-refractivity contribution in [3.8, 4) is 0 Å². The van der Waals surface area contributed by atoms with Crippen LogP contribution in [0.3, 0.4) is 0 Å².